The van der Waals surface area contributed by atoms with Gasteiger partial charge in [0.2, 0.25) is 0 Å². The van der Waals surface area contributed by atoms with Gasteiger partial charge in [-0.2, -0.15) is 5.10 Å². The second-order valence-corrected chi connectivity index (χ2v) is 4.53. The standard InChI is InChI=1S/C9H12N4S/c1-6-3-11-9(14-6)5-13-7(2)8(10)4-12-13/h3-4H,5,10H2,1-2H3. The molecule has 0 fully saturated rings. The lowest BCUT2D eigenvalue weighted by molar-refractivity contribution is 0.662. The molecular formula is C9H12N4S. The van der Waals surface area contributed by atoms with Crippen LogP contribution in [0.25, 0.3) is 0 Å². The molecular weight excluding hydrogens is 196 g/mol. The number of hydrogen-bond donors (Lipinski definition) is 1. The Morgan fingerprint density at radius 2 is 2.21 bits per heavy atom. The van der Waals surface area contributed by atoms with Crippen molar-refractivity contribution in [2.45, 2.75) is 20.4 Å². The Bertz CT molecular complexity index is 443. The van der Waals surface area contributed by atoms with E-state index in [4.69, 9.17) is 5.73 Å². The summed E-state index contributed by atoms with van der Waals surface area (Å²) in [5, 5.41) is 5.24. The summed E-state index contributed by atoms with van der Waals surface area (Å²) in [7, 11) is 0. The van der Waals surface area contributed by atoms with Crippen LogP contribution in [0.5, 0.6) is 0 Å². The molecule has 2 aromatic heterocycles. The average Bonchev–Trinajstić information content (AvgIpc) is 2.67. The molecule has 0 radical (unpaired) electrons. The summed E-state index contributed by atoms with van der Waals surface area (Å²) in [4.78, 5) is 5.50. The summed E-state index contributed by atoms with van der Waals surface area (Å²) in [6.45, 7) is 4.72. The summed E-state index contributed by atoms with van der Waals surface area (Å²) in [5.74, 6) is 0. The van der Waals surface area contributed by atoms with E-state index in [9.17, 15) is 0 Å². The van der Waals surface area contributed by atoms with E-state index in [1.165, 1.54) is 4.88 Å². The van der Waals surface area contributed by atoms with Crippen LogP contribution in [0.4, 0.5) is 5.69 Å². The monoisotopic (exact) mass is 208 g/mol. The van der Waals surface area contributed by atoms with Crippen LogP contribution >= 0.6 is 11.3 Å². The van der Waals surface area contributed by atoms with Crippen molar-refractivity contribution in [3.8, 4) is 0 Å². The van der Waals surface area contributed by atoms with Crippen molar-refractivity contribution in [1.82, 2.24) is 14.8 Å². The van der Waals surface area contributed by atoms with Gasteiger partial charge in [0, 0.05) is 11.1 Å². The average molecular weight is 208 g/mol. The van der Waals surface area contributed by atoms with E-state index in [0.717, 1.165) is 16.4 Å². The van der Waals surface area contributed by atoms with Crippen molar-refractivity contribution in [2.75, 3.05) is 5.73 Å². The largest absolute Gasteiger partial charge is 0.396 e. The Morgan fingerprint density at radius 3 is 2.71 bits per heavy atom. The molecule has 2 rings (SSSR count). The third-order valence-electron chi connectivity index (χ3n) is 2.10. The van der Waals surface area contributed by atoms with Gasteiger partial charge in [-0.1, -0.05) is 0 Å². The topological polar surface area (TPSA) is 56.7 Å². The van der Waals surface area contributed by atoms with Gasteiger partial charge >= 0.3 is 0 Å². The van der Waals surface area contributed by atoms with Gasteiger partial charge < -0.3 is 5.73 Å². The fourth-order valence-electron chi connectivity index (χ4n) is 1.22. The van der Waals surface area contributed by atoms with Gasteiger partial charge in [-0.25, -0.2) is 4.98 Å². The Labute approximate surface area is 86.4 Å². The van der Waals surface area contributed by atoms with Crippen molar-refractivity contribution in [1.29, 1.82) is 0 Å². The first-order chi connectivity index (χ1) is 6.66. The van der Waals surface area contributed by atoms with Crippen LogP contribution < -0.4 is 5.73 Å². The highest BCUT2D eigenvalue weighted by Gasteiger charge is 2.05. The molecule has 2 aromatic rings. The number of anilines is 1. The molecule has 4 nitrogen and oxygen atoms in total. The molecule has 0 aromatic carbocycles. The van der Waals surface area contributed by atoms with Crippen LogP contribution in [0.15, 0.2) is 12.4 Å². The fourth-order valence-corrected chi connectivity index (χ4v) is 1.99. The van der Waals surface area contributed by atoms with Crippen LogP contribution in [-0.4, -0.2) is 14.8 Å². The van der Waals surface area contributed by atoms with Crippen molar-refractivity contribution in [3.05, 3.63) is 28.0 Å². The van der Waals surface area contributed by atoms with E-state index in [1.807, 2.05) is 24.7 Å². The van der Waals surface area contributed by atoms with Crippen LogP contribution in [-0.2, 0) is 6.54 Å². The second kappa shape index (κ2) is 3.42. The number of nitrogens with two attached hydrogens (primary N) is 1. The first-order valence-electron chi connectivity index (χ1n) is 4.36. The maximum atomic E-state index is 5.70. The summed E-state index contributed by atoms with van der Waals surface area (Å²) in [6, 6.07) is 0. The number of nitrogens with zero attached hydrogens (tertiary/aromatic N) is 3. The highest BCUT2D eigenvalue weighted by atomic mass is 32.1. The van der Waals surface area contributed by atoms with Gasteiger partial charge in [0.05, 0.1) is 24.1 Å². The number of hydrogen-bond acceptors (Lipinski definition) is 4. The molecule has 0 saturated heterocycles. The number of aromatic nitrogens is 3. The van der Waals surface area contributed by atoms with Crippen LogP contribution in [0.2, 0.25) is 0 Å². The van der Waals surface area contributed by atoms with Gasteiger partial charge in [-0.3, -0.25) is 4.68 Å². The maximum Gasteiger partial charge on any atom is 0.114 e. The van der Waals surface area contributed by atoms with E-state index in [0.29, 0.717) is 6.54 Å². The van der Waals surface area contributed by atoms with Crippen LogP contribution in [0, 0.1) is 13.8 Å². The first kappa shape index (κ1) is 9.21. The third kappa shape index (κ3) is 1.63. The summed E-state index contributed by atoms with van der Waals surface area (Å²) in [5.41, 5.74) is 7.43. The molecule has 2 heterocycles. The van der Waals surface area contributed by atoms with Crippen molar-refractivity contribution in [2.24, 2.45) is 0 Å². The van der Waals surface area contributed by atoms with Gasteiger partial charge in [-0.15, -0.1) is 11.3 Å². The smallest absolute Gasteiger partial charge is 0.114 e. The van der Waals surface area contributed by atoms with E-state index < -0.39 is 0 Å². The summed E-state index contributed by atoms with van der Waals surface area (Å²) >= 11 is 1.69. The number of aryl methyl sites for hydroxylation is 1. The SMILES string of the molecule is Cc1cnc(Cn2ncc(N)c2C)s1. The summed E-state index contributed by atoms with van der Waals surface area (Å²) < 4.78 is 1.87. The maximum absolute atomic E-state index is 5.70. The fraction of sp³-hybridized carbons (Fsp3) is 0.333. The molecule has 5 heteroatoms. The Kier molecular flexibility index (Phi) is 2.25. The van der Waals surface area contributed by atoms with Crippen molar-refractivity contribution < 1.29 is 0 Å². The van der Waals surface area contributed by atoms with E-state index in [1.54, 1.807) is 17.5 Å². The van der Waals surface area contributed by atoms with E-state index in [2.05, 4.69) is 10.1 Å². The highest BCUT2D eigenvalue weighted by Crippen LogP contribution is 2.15. The molecule has 74 valence electrons. The lowest BCUT2D eigenvalue weighted by Gasteiger charge is -2.00. The molecule has 14 heavy (non-hydrogen) atoms. The Morgan fingerprint density at radius 1 is 1.43 bits per heavy atom. The molecule has 0 spiro atoms. The van der Waals surface area contributed by atoms with Gasteiger partial charge in [0.15, 0.2) is 0 Å². The van der Waals surface area contributed by atoms with Gasteiger partial charge in [-0.05, 0) is 13.8 Å². The molecule has 0 unspecified atom stereocenters. The van der Waals surface area contributed by atoms with Crippen LogP contribution in [0.3, 0.4) is 0 Å². The third-order valence-corrected chi connectivity index (χ3v) is 2.99. The number of nitrogen functional groups attached to an aromatic ring is 1. The normalized spacial score (nSPS) is 10.7. The van der Waals surface area contributed by atoms with Crippen molar-refractivity contribution in [3.63, 3.8) is 0 Å². The van der Waals surface area contributed by atoms with Gasteiger partial charge in [0.25, 0.3) is 0 Å². The minimum atomic E-state index is 0.710. The zero-order valence-electron chi connectivity index (χ0n) is 8.19. The zero-order chi connectivity index (χ0) is 10.1. The molecule has 0 atom stereocenters. The van der Waals surface area contributed by atoms with Crippen LogP contribution in [0.1, 0.15) is 15.6 Å². The minimum absolute atomic E-state index is 0.710. The number of rotatable bonds is 2. The van der Waals surface area contributed by atoms with E-state index in [-0.39, 0.29) is 0 Å². The molecule has 0 saturated carbocycles. The molecule has 2 N–H and O–H groups in total. The van der Waals surface area contributed by atoms with E-state index >= 15 is 0 Å². The highest BCUT2D eigenvalue weighted by molar-refractivity contribution is 7.11. The lowest BCUT2D eigenvalue weighted by atomic mass is 10.4. The van der Waals surface area contributed by atoms with Gasteiger partial charge in [0.1, 0.15) is 5.01 Å². The molecule has 0 amide bonds. The quantitative estimate of drug-likeness (QED) is 0.815. The molecule has 0 aliphatic carbocycles. The van der Waals surface area contributed by atoms with Crippen molar-refractivity contribution >= 4 is 17.0 Å². The minimum Gasteiger partial charge on any atom is -0.396 e. The summed E-state index contributed by atoms with van der Waals surface area (Å²) in [6.07, 6.45) is 3.55. The molecule has 0 bridgehead atoms. The first-order valence-corrected chi connectivity index (χ1v) is 5.17. The predicted octanol–water partition coefficient (Wildman–Crippen LogP) is 1.59. The predicted molar refractivity (Wildman–Crippen MR) is 57.3 cm³/mol. The number of thiazole rings is 1. The second-order valence-electron chi connectivity index (χ2n) is 3.21. The Balaban J connectivity index is 2.22. The molecule has 0 aliphatic heterocycles. The lowest BCUT2D eigenvalue weighted by Crippen LogP contribution is -2.03. The Hall–Kier alpha value is -1.36. The zero-order valence-corrected chi connectivity index (χ0v) is 9.01. The molecule has 0 aliphatic rings.